The quantitative estimate of drug-likeness (QED) is 0.675. The Kier molecular flexibility index (Phi) is 5.16. The molecule has 0 spiro atoms. The zero-order chi connectivity index (χ0) is 12.6. The van der Waals surface area contributed by atoms with Gasteiger partial charge in [-0.1, -0.05) is 0 Å². The minimum Gasteiger partial charge on any atom is -0.378 e. The van der Waals surface area contributed by atoms with Crippen molar-refractivity contribution >= 4 is 5.91 Å². The van der Waals surface area contributed by atoms with Crippen LogP contribution in [-0.2, 0) is 16.1 Å². The predicted molar refractivity (Wildman–Crippen MR) is 66.9 cm³/mol. The molecule has 0 bridgehead atoms. The van der Waals surface area contributed by atoms with E-state index in [0.717, 1.165) is 31.6 Å². The summed E-state index contributed by atoms with van der Waals surface area (Å²) >= 11 is 0. The molecule has 18 heavy (non-hydrogen) atoms. The van der Waals surface area contributed by atoms with E-state index >= 15 is 0 Å². The van der Waals surface area contributed by atoms with E-state index < -0.39 is 0 Å². The zero-order valence-electron chi connectivity index (χ0n) is 10.4. The Morgan fingerprint density at radius 1 is 1.50 bits per heavy atom. The number of nitrogens with zero attached hydrogens (tertiary/aromatic N) is 1. The molecule has 1 saturated heterocycles. The molecule has 6 heteroatoms. The summed E-state index contributed by atoms with van der Waals surface area (Å²) < 4.78 is 5.67. The molecule has 0 atom stereocenters. The smallest absolute Gasteiger partial charge is 0.222 e. The zero-order valence-corrected chi connectivity index (χ0v) is 10.4. The number of aromatic nitrogens is 2. The van der Waals surface area contributed by atoms with Crippen molar-refractivity contribution < 1.29 is 9.53 Å². The molecule has 3 N–H and O–H groups in total. The highest BCUT2D eigenvalue weighted by Crippen LogP contribution is 2.07. The van der Waals surface area contributed by atoms with Crippen LogP contribution in [0.1, 0.15) is 25.0 Å². The van der Waals surface area contributed by atoms with E-state index in [1.165, 1.54) is 0 Å². The summed E-state index contributed by atoms with van der Waals surface area (Å²) in [6.07, 6.45) is 4.47. The van der Waals surface area contributed by atoms with Gasteiger partial charge in [0.1, 0.15) is 0 Å². The third kappa shape index (κ3) is 4.46. The topological polar surface area (TPSA) is 79.0 Å². The van der Waals surface area contributed by atoms with Gasteiger partial charge in [0.2, 0.25) is 5.91 Å². The number of aromatic amines is 1. The largest absolute Gasteiger partial charge is 0.378 e. The lowest BCUT2D eigenvalue weighted by Gasteiger charge is -2.22. The SMILES string of the molecule is O=C(CCOC1CCNCC1)NCc1ccn[nH]1. The number of ether oxygens (including phenoxy) is 1. The van der Waals surface area contributed by atoms with Gasteiger partial charge in [0, 0.05) is 12.6 Å². The highest BCUT2D eigenvalue weighted by Gasteiger charge is 2.13. The Hall–Kier alpha value is -1.40. The monoisotopic (exact) mass is 252 g/mol. The Labute approximate surface area is 106 Å². The van der Waals surface area contributed by atoms with Crippen molar-refractivity contribution in [1.82, 2.24) is 20.8 Å². The fraction of sp³-hybridized carbons (Fsp3) is 0.667. The molecule has 100 valence electrons. The van der Waals surface area contributed by atoms with Crippen molar-refractivity contribution in [3.05, 3.63) is 18.0 Å². The number of hydrogen-bond donors (Lipinski definition) is 3. The van der Waals surface area contributed by atoms with Crippen LogP contribution in [0.4, 0.5) is 0 Å². The third-order valence-corrected chi connectivity index (χ3v) is 3.00. The number of carbonyl (C=O) groups is 1. The van der Waals surface area contributed by atoms with E-state index in [1.807, 2.05) is 6.07 Å². The lowest BCUT2D eigenvalue weighted by molar-refractivity contribution is -0.122. The van der Waals surface area contributed by atoms with Crippen molar-refractivity contribution in [2.24, 2.45) is 0 Å². The van der Waals surface area contributed by atoms with Crippen LogP contribution in [-0.4, -0.2) is 41.9 Å². The van der Waals surface area contributed by atoms with Gasteiger partial charge < -0.3 is 15.4 Å². The van der Waals surface area contributed by atoms with Crippen LogP contribution in [0.2, 0.25) is 0 Å². The molecule has 1 aromatic rings. The van der Waals surface area contributed by atoms with Crippen LogP contribution in [0.25, 0.3) is 0 Å². The molecule has 6 nitrogen and oxygen atoms in total. The van der Waals surface area contributed by atoms with Gasteiger partial charge in [-0.25, -0.2) is 0 Å². The van der Waals surface area contributed by atoms with E-state index in [9.17, 15) is 4.79 Å². The van der Waals surface area contributed by atoms with Gasteiger partial charge in [-0.05, 0) is 32.0 Å². The average Bonchev–Trinajstić information content (AvgIpc) is 2.91. The summed E-state index contributed by atoms with van der Waals surface area (Å²) in [5, 5.41) is 12.7. The maximum absolute atomic E-state index is 11.5. The molecule has 1 aliphatic heterocycles. The molecule has 0 saturated carbocycles. The second-order valence-corrected chi connectivity index (χ2v) is 4.43. The first-order valence-corrected chi connectivity index (χ1v) is 6.42. The number of rotatable bonds is 6. The molecule has 0 radical (unpaired) electrons. The fourth-order valence-corrected chi connectivity index (χ4v) is 1.95. The van der Waals surface area contributed by atoms with E-state index in [1.54, 1.807) is 6.20 Å². The summed E-state index contributed by atoms with van der Waals surface area (Å²) in [7, 11) is 0. The van der Waals surface area contributed by atoms with E-state index in [4.69, 9.17) is 4.74 Å². The Morgan fingerprint density at radius 3 is 3.06 bits per heavy atom. The Balaban J connectivity index is 1.54. The lowest BCUT2D eigenvalue weighted by atomic mass is 10.1. The van der Waals surface area contributed by atoms with Gasteiger partial charge in [-0.3, -0.25) is 9.89 Å². The summed E-state index contributed by atoms with van der Waals surface area (Å²) in [6.45, 7) is 3.01. The van der Waals surface area contributed by atoms with Gasteiger partial charge in [-0.2, -0.15) is 5.10 Å². The van der Waals surface area contributed by atoms with Gasteiger partial charge >= 0.3 is 0 Å². The maximum atomic E-state index is 11.5. The van der Waals surface area contributed by atoms with Gasteiger partial charge in [-0.15, -0.1) is 0 Å². The summed E-state index contributed by atoms with van der Waals surface area (Å²) in [4.78, 5) is 11.5. The van der Waals surface area contributed by atoms with Crippen molar-refractivity contribution in [2.75, 3.05) is 19.7 Å². The standard InChI is InChI=1S/C12H20N4O2/c17-12(14-9-10-1-7-15-16-10)4-8-18-11-2-5-13-6-3-11/h1,7,11,13H,2-6,8-9H2,(H,14,17)(H,15,16). The van der Waals surface area contributed by atoms with Crippen LogP contribution in [0.3, 0.4) is 0 Å². The first-order valence-electron chi connectivity index (χ1n) is 6.42. The molecule has 0 unspecified atom stereocenters. The van der Waals surface area contributed by atoms with Crippen molar-refractivity contribution in [2.45, 2.75) is 31.9 Å². The fourth-order valence-electron chi connectivity index (χ4n) is 1.95. The highest BCUT2D eigenvalue weighted by atomic mass is 16.5. The van der Waals surface area contributed by atoms with Crippen LogP contribution in [0, 0.1) is 0 Å². The van der Waals surface area contributed by atoms with Gasteiger partial charge in [0.05, 0.1) is 24.9 Å². The summed E-state index contributed by atoms with van der Waals surface area (Å²) in [5.74, 6) is 0.0125. The normalized spacial score (nSPS) is 16.7. The molecule has 0 aliphatic carbocycles. The first-order chi connectivity index (χ1) is 8.84. The molecule has 1 fully saturated rings. The Morgan fingerprint density at radius 2 is 2.33 bits per heavy atom. The number of carbonyl (C=O) groups excluding carboxylic acids is 1. The maximum Gasteiger partial charge on any atom is 0.222 e. The first kappa shape index (κ1) is 13.0. The predicted octanol–water partition coefficient (Wildman–Crippen LogP) is 0.185. The van der Waals surface area contributed by atoms with Gasteiger partial charge in [0.15, 0.2) is 0 Å². The molecule has 1 aliphatic rings. The van der Waals surface area contributed by atoms with Crippen LogP contribution < -0.4 is 10.6 Å². The lowest BCUT2D eigenvalue weighted by Crippen LogP contribution is -2.33. The second kappa shape index (κ2) is 7.13. The molecule has 2 heterocycles. The van der Waals surface area contributed by atoms with Crippen molar-refractivity contribution in [3.8, 4) is 0 Å². The molecule has 2 rings (SSSR count). The molecule has 1 amide bonds. The van der Waals surface area contributed by atoms with Crippen LogP contribution >= 0.6 is 0 Å². The number of amides is 1. The van der Waals surface area contributed by atoms with E-state index in [-0.39, 0.29) is 5.91 Å². The molecular formula is C12H20N4O2. The molecule has 0 aromatic carbocycles. The Bertz CT molecular complexity index is 347. The number of nitrogens with one attached hydrogen (secondary N) is 3. The summed E-state index contributed by atoms with van der Waals surface area (Å²) in [5.41, 5.74) is 0.905. The van der Waals surface area contributed by atoms with Crippen LogP contribution in [0.15, 0.2) is 12.3 Å². The highest BCUT2D eigenvalue weighted by molar-refractivity contribution is 5.75. The van der Waals surface area contributed by atoms with E-state index in [2.05, 4.69) is 20.8 Å². The molecular weight excluding hydrogens is 232 g/mol. The van der Waals surface area contributed by atoms with Crippen molar-refractivity contribution in [3.63, 3.8) is 0 Å². The third-order valence-electron chi connectivity index (χ3n) is 3.00. The summed E-state index contributed by atoms with van der Waals surface area (Å²) in [6, 6.07) is 1.84. The number of piperidine rings is 1. The number of hydrogen-bond acceptors (Lipinski definition) is 4. The molecule has 1 aromatic heterocycles. The van der Waals surface area contributed by atoms with Crippen LogP contribution in [0.5, 0.6) is 0 Å². The van der Waals surface area contributed by atoms with E-state index in [0.29, 0.717) is 25.7 Å². The van der Waals surface area contributed by atoms with Gasteiger partial charge in [0.25, 0.3) is 0 Å². The average molecular weight is 252 g/mol. The van der Waals surface area contributed by atoms with Crippen molar-refractivity contribution in [1.29, 1.82) is 0 Å². The minimum absolute atomic E-state index is 0.0125. The second-order valence-electron chi connectivity index (χ2n) is 4.43. The minimum atomic E-state index is 0.0125. The number of H-pyrrole nitrogens is 1.